The van der Waals surface area contributed by atoms with E-state index < -0.39 is 0 Å². The second kappa shape index (κ2) is 6.69. The van der Waals surface area contributed by atoms with Crippen molar-refractivity contribution < 1.29 is 9.53 Å². The smallest absolute Gasteiger partial charge is 0.226 e. The van der Waals surface area contributed by atoms with Gasteiger partial charge in [-0.2, -0.15) is 0 Å². The Balaban J connectivity index is 2.01. The summed E-state index contributed by atoms with van der Waals surface area (Å²) in [7, 11) is 0. The second-order valence-corrected chi connectivity index (χ2v) is 5.45. The normalized spacial score (nSPS) is 15.1. The Kier molecular flexibility index (Phi) is 4.46. The molecule has 0 unspecified atom stereocenters. The number of hydrogen-bond donors (Lipinski definition) is 1. The molecule has 0 aliphatic carbocycles. The summed E-state index contributed by atoms with van der Waals surface area (Å²) in [6.45, 7) is 5.20. The number of aromatic amines is 1. The molecule has 1 aromatic carbocycles. The number of fused-ring (bicyclic) bond motifs is 1. The maximum absolute atomic E-state index is 12.1. The number of hydrogen-bond acceptors (Lipinski definition) is 3. The van der Waals surface area contributed by atoms with Gasteiger partial charge in [0.1, 0.15) is 5.75 Å². The molecule has 0 atom stereocenters. The monoisotopic (exact) mass is 311 g/mol. The van der Waals surface area contributed by atoms with Crippen LogP contribution in [0.1, 0.15) is 37.9 Å². The summed E-state index contributed by atoms with van der Waals surface area (Å²) in [5.74, 6) is 0.994. The lowest BCUT2D eigenvalue weighted by Gasteiger charge is -2.25. The number of aromatic nitrogens is 2. The maximum Gasteiger partial charge on any atom is 0.226 e. The standard InChI is InChI=1S/C18H21N3O2/c1-3-18(22)21(4-2)15-5-6-17-16(10-15)13(7-8-23-17)9-14-11-19-12-20-14/h5-6,9-12H,3-4,7-8H2,1-2H3,(H,19,20)/b13-9+. The summed E-state index contributed by atoms with van der Waals surface area (Å²) in [5, 5.41) is 0. The number of amides is 1. The molecule has 120 valence electrons. The van der Waals surface area contributed by atoms with Crippen molar-refractivity contribution in [2.75, 3.05) is 18.1 Å². The molecule has 1 aliphatic rings. The van der Waals surface area contributed by atoms with Crippen LogP contribution in [0.4, 0.5) is 5.69 Å². The first kappa shape index (κ1) is 15.3. The van der Waals surface area contributed by atoms with Crippen LogP contribution in [0, 0.1) is 0 Å². The van der Waals surface area contributed by atoms with Crippen LogP contribution in [-0.2, 0) is 4.79 Å². The largest absolute Gasteiger partial charge is 0.493 e. The maximum atomic E-state index is 12.1. The Morgan fingerprint density at radius 1 is 1.43 bits per heavy atom. The van der Waals surface area contributed by atoms with Crippen LogP contribution >= 0.6 is 0 Å². The molecule has 5 heteroatoms. The number of carbonyl (C=O) groups excluding carboxylic acids is 1. The number of carbonyl (C=O) groups is 1. The Hall–Kier alpha value is -2.56. The molecular weight excluding hydrogens is 290 g/mol. The van der Waals surface area contributed by atoms with Crippen LogP contribution in [-0.4, -0.2) is 29.0 Å². The van der Waals surface area contributed by atoms with Gasteiger partial charge in [0.25, 0.3) is 0 Å². The Morgan fingerprint density at radius 3 is 3.00 bits per heavy atom. The highest BCUT2D eigenvalue weighted by Crippen LogP contribution is 2.36. The minimum atomic E-state index is 0.128. The minimum Gasteiger partial charge on any atom is -0.493 e. The number of imidazole rings is 1. The molecule has 0 fully saturated rings. The van der Waals surface area contributed by atoms with Crippen molar-refractivity contribution in [3.63, 3.8) is 0 Å². The van der Waals surface area contributed by atoms with Gasteiger partial charge in [-0.05, 0) is 36.8 Å². The zero-order valence-electron chi connectivity index (χ0n) is 13.5. The van der Waals surface area contributed by atoms with Crippen LogP contribution in [0.5, 0.6) is 5.75 Å². The van der Waals surface area contributed by atoms with Crippen molar-refractivity contribution in [1.82, 2.24) is 9.97 Å². The molecule has 3 rings (SSSR count). The fourth-order valence-corrected chi connectivity index (χ4v) is 2.85. The Morgan fingerprint density at radius 2 is 2.30 bits per heavy atom. The third-order valence-electron chi connectivity index (χ3n) is 4.02. The molecule has 2 heterocycles. The van der Waals surface area contributed by atoms with E-state index in [0.717, 1.165) is 29.1 Å². The first-order valence-electron chi connectivity index (χ1n) is 7.99. The third-order valence-corrected chi connectivity index (χ3v) is 4.02. The van der Waals surface area contributed by atoms with Gasteiger partial charge in [-0.25, -0.2) is 4.98 Å². The molecule has 1 amide bonds. The molecule has 23 heavy (non-hydrogen) atoms. The Bertz CT molecular complexity index is 720. The molecular formula is C18H21N3O2. The Labute approximate surface area is 136 Å². The number of anilines is 1. The van der Waals surface area contributed by atoms with E-state index in [9.17, 15) is 4.79 Å². The van der Waals surface area contributed by atoms with Crippen molar-refractivity contribution in [2.45, 2.75) is 26.7 Å². The molecule has 0 saturated carbocycles. The average Bonchev–Trinajstić information content (AvgIpc) is 3.09. The highest BCUT2D eigenvalue weighted by Gasteiger charge is 2.19. The minimum absolute atomic E-state index is 0.128. The van der Waals surface area contributed by atoms with Gasteiger partial charge in [0.15, 0.2) is 0 Å². The van der Waals surface area contributed by atoms with E-state index in [2.05, 4.69) is 16.0 Å². The molecule has 0 bridgehead atoms. The predicted octanol–water partition coefficient (Wildman–Crippen LogP) is 3.50. The van der Waals surface area contributed by atoms with E-state index in [-0.39, 0.29) is 5.91 Å². The lowest BCUT2D eigenvalue weighted by atomic mass is 9.98. The number of rotatable bonds is 4. The fourth-order valence-electron chi connectivity index (χ4n) is 2.85. The second-order valence-electron chi connectivity index (χ2n) is 5.45. The van der Waals surface area contributed by atoms with E-state index in [0.29, 0.717) is 19.6 Å². The van der Waals surface area contributed by atoms with Gasteiger partial charge in [0.05, 0.1) is 24.8 Å². The van der Waals surface area contributed by atoms with Crippen molar-refractivity contribution in [2.24, 2.45) is 0 Å². The average molecular weight is 311 g/mol. The molecule has 0 saturated heterocycles. The van der Waals surface area contributed by atoms with Gasteiger partial charge in [0.2, 0.25) is 5.91 Å². The lowest BCUT2D eigenvalue weighted by molar-refractivity contribution is -0.118. The number of H-pyrrole nitrogens is 1. The van der Waals surface area contributed by atoms with Crippen molar-refractivity contribution >= 4 is 23.2 Å². The van der Waals surface area contributed by atoms with Crippen molar-refractivity contribution in [3.8, 4) is 5.75 Å². The molecule has 5 nitrogen and oxygen atoms in total. The van der Waals surface area contributed by atoms with Crippen LogP contribution in [0.3, 0.4) is 0 Å². The summed E-state index contributed by atoms with van der Waals surface area (Å²) in [6.07, 6.45) is 6.89. The van der Waals surface area contributed by atoms with Crippen LogP contribution < -0.4 is 9.64 Å². The van der Waals surface area contributed by atoms with Gasteiger partial charge in [0, 0.05) is 30.6 Å². The van der Waals surface area contributed by atoms with E-state index >= 15 is 0 Å². The zero-order chi connectivity index (χ0) is 16.2. The van der Waals surface area contributed by atoms with E-state index in [1.165, 1.54) is 5.57 Å². The number of ether oxygens (including phenoxy) is 1. The predicted molar refractivity (Wildman–Crippen MR) is 91.3 cm³/mol. The van der Waals surface area contributed by atoms with Gasteiger partial charge in [-0.1, -0.05) is 6.92 Å². The van der Waals surface area contributed by atoms with Gasteiger partial charge < -0.3 is 14.6 Å². The van der Waals surface area contributed by atoms with E-state index in [1.54, 1.807) is 12.5 Å². The first-order chi connectivity index (χ1) is 11.2. The van der Waals surface area contributed by atoms with E-state index in [1.807, 2.05) is 36.9 Å². The van der Waals surface area contributed by atoms with Gasteiger partial charge in [-0.15, -0.1) is 0 Å². The summed E-state index contributed by atoms with van der Waals surface area (Å²) in [4.78, 5) is 21.1. The van der Waals surface area contributed by atoms with Crippen LogP contribution in [0.15, 0.2) is 30.7 Å². The summed E-state index contributed by atoms with van der Waals surface area (Å²) < 4.78 is 5.76. The molecule has 1 aliphatic heterocycles. The van der Waals surface area contributed by atoms with Crippen LogP contribution in [0.25, 0.3) is 11.6 Å². The molecule has 1 aromatic heterocycles. The number of nitrogens with one attached hydrogen (secondary N) is 1. The number of benzene rings is 1. The first-order valence-corrected chi connectivity index (χ1v) is 7.99. The van der Waals surface area contributed by atoms with Crippen LogP contribution in [0.2, 0.25) is 0 Å². The molecule has 1 N–H and O–H groups in total. The fraction of sp³-hybridized carbons (Fsp3) is 0.333. The summed E-state index contributed by atoms with van der Waals surface area (Å²) in [6, 6.07) is 5.96. The SMILES string of the molecule is CCC(=O)N(CC)c1ccc2c(c1)/C(=C/c1cnc[nH]1)CCO2. The van der Waals surface area contributed by atoms with Gasteiger partial charge in [-0.3, -0.25) is 4.79 Å². The summed E-state index contributed by atoms with van der Waals surface area (Å²) >= 11 is 0. The third kappa shape index (κ3) is 3.13. The molecule has 0 radical (unpaired) electrons. The molecule has 2 aromatic rings. The number of nitrogens with zero attached hydrogens (tertiary/aromatic N) is 2. The van der Waals surface area contributed by atoms with Gasteiger partial charge >= 0.3 is 0 Å². The highest BCUT2D eigenvalue weighted by molar-refractivity contribution is 5.94. The van der Waals surface area contributed by atoms with Crippen molar-refractivity contribution in [1.29, 1.82) is 0 Å². The zero-order valence-corrected chi connectivity index (χ0v) is 13.5. The highest BCUT2D eigenvalue weighted by atomic mass is 16.5. The molecule has 0 spiro atoms. The van der Waals surface area contributed by atoms with Crippen molar-refractivity contribution in [3.05, 3.63) is 42.0 Å². The summed E-state index contributed by atoms with van der Waals surface area (Å²) in [5.41, 5.74) is 4.12. The van der Waals surface area contributed by atoms with E-state index in [4.69, 9.17) is 4.74 Å². The topological polar surface area (TPSA) is 58.2 Å². The lowest BCUT2D eigenvalue weighted by Crippen LogP contribution is -2.29. The quantitative estimate of drug-likeness (QED) is 0.940.